The van der Waals surface area contributed by atoms with Gasteiger partial charge in [-0.25, -0.2) is 13.7 Å². The number of fused-ring (bicyclic) bond motifs is 3. The third-order valence-corrected chi connectivity index (χ3v) is 39.5. The highest BCUT2D eigenvalue weighted by atomic mass is 28.3. The first-order valence-electron chi connectivity index (χ1n) is 36.9. The molecule has 0 radical (unpaired) electrons. The van der Waals surface area contributed by atoms with Crippen LogP contribution in [0.25, 0.3) is 66.1 Å². The number of aryl methyl sites for hydroxylation is 5. The van der Waals surface area contributed by atoms with Crippen LogP contribution in [-0.2, 0) is 21.1 Å². The van der Waals surface area contributed by atoms with Crippen molar-refractivity contribution in [3.8, 4) is 33.8 Å². The van der Waals surface area contributed by atoms with Gasteiger partial charge < -0.3 is 0 Å². The second-order valence-electron chi connectivity index (χ2n) is 32.7. The lowest BCUT2D eigenvalue weighted by Crippen LogP contribution is -2.44. The molecule has 490 valence electrons. The Balaban J connectivity index is 0.000000143. The van der Waals surface area contributed by atoms with Crippen molar-refractivity contribution in [2.75, 3.05) is 0 Å². The molecule has 4 saturated carbocycles. The second-order valence-corrected chi connectivity index (χ2v) is 48.2. The van der Waals surface area contributed by atoms with Crippen molar-refractivity contribution in [3.05, 3.63) is 178 Å². The van der Waals surface area contributed by atoms with Gasteiger partial charge in [0.2, 0.25) is 17.1 Å². The maximum absolute atomic E-state index is 2.63. The molecule has 4 aliphatic rings. The van der Waals surface area contributed by atoms with Crippen LogP contribution in [-0.4, -0.2) is 24.2 Å². The van der Waals surface area contributed by atoms with Gasteiger partial charge in [-0.2, -0.15) is 0 Å². The Labute approximate surface area is 567 Å². The number of aromatic nitrogens is 3. The molecule has 4 fully saturated rings. The molecule has 0 atom stereocenters. The monoisotopic (exact) mass is 1290 g/mol. The molecule has 13 rings (SSSR count). The smallest absolute Gasteiger partial charge is 0.200 e. The Kier molecular flexibility index (Phi) is 20.7. The zero-order valence-corrected chi connectivity index (χ0v) is 64.4. The fourth-order valence-electron chi connectivity index (χ4n) is 16.5. The van der Waals surface area contributed by atoms with Crippen molar-refractivity contribution >= 4 is 72.1 Å². The number of benzene rings is 6. The minimum Gasteiger partial charge on any atom is -0.200 e. The molecular formula is C87H118N3Si3+3. The standard InChI is InChI=1S/C32H44NSi.C28H38NSi.C27H36NSi/c1-22(2)34(5,6)28-15-16-29-26(19-28)17-18-33(4)32(29)31-21-27(24-11-7-8-12-24)20-30(23(31)3)25-13-9-10-14-25;1-19(2)30(6,7)25-12-13-26-23(17-25)14-15-29(5)28(26)27-18-24(16-20(3)21(27)4)22-10-8-9-11-22;1-19(2)29(5,6)24-13-14-25-23(17-24)15-16-28(4)27(25)26-18-22(12-11-20(26)3)21-9-7-8-10-21/h15-22,24-25H,7-14H2,1-6H3;12-19,22H,8-11H2,1-7H3;11-19,21H,7-10H2,1-6H3/q3*+1. The first-order chi connectivity index (χ1) is 44.3. The molecule has 4 aliphatic carbocycles. The molecule has 93 heavy (non-hydrogen) atoms. The Morgan fingerprint density at radius 1 is 0.323 bits per heavy atom. The highest BCUT2D eigenvalue weighted by Gasteiger charge is 2.34. The minimum atomic E-state index is -1.46. The fourth-order valence-corrected chi connectivity index (χ4v) is 21.6. The van der Waals surface area contributed by atoms with E-state index in [4.69, 9.17) is 0 Å². The van der Waals surface area contributed by atoms with E-state index in [0.717, 1.165) is 40.3 Å². The number of hydrogen-bond acceptors (Lipinski definition) is 0. The first kappa shape index (κ1) is 68.6. The quantitative estimate of drug-likeness (QED) is 0.0805. The predicted molar refractivity (Wildman–Crippen MR) is 412 cm³/mol. The van der Waals surface area contributed by atoms with Gasteiger partial charge >= 0.3 is 0 Å². The van der Waals surface area contributed by atoms with Crippen LogP contribution in [0.1, 0.15) is 212 Å². The summed E-state index contributed by atoms with van der Waals surface area (Å²) in [4.78, 5) is 0. The molecule has 6 aromatic carbocycles. The van der Waals surface area contributed by atoms with Gasteiger partial charge in [0, 0.05) is 23.8 Å². The zero-order chi connectivity index (χ0) is 66.4. The largest absolute Gasteiger partial charge is 0.220 e. The molecule has 0 saturated heterocycles. The van der Waals surface area contributed by atoms with Crippen LogP contribution in [0.5, 0.6) is 0 Å². The Hall–Kier alpha value is -5.80. The molecule has 0 spiro atoms. The summed E-state index contributed by atoms with van der Waals surface area (Å²) in [6.45, 7) is 38.6. The van der Waals surface area contributed by atoms with Crippen molar-refractivity contribution in [1.29, 1.82) is 0 Å². The van der Waals surface area contributed by atoms with E-state index < -0.39 is 24.2 Å². The number of rotatable bonds is 13. The highest BCUT2D eigenvalue weighted by Crippen LogP contribution is 2.45. The van der Waals surface area contributed by atoms with Crippen molar-refractivity contribution in [1.82, 2.24) is 0 Å². The summed E-state index contributed by atoms with van der Waals surface area (Å²) in [5.74, 6) is 3.00. The molecule has 3 nitrogen and oxygen atoms in total. The van der Waals surface area contributed by atoms with Crippen molar-refractivity contribution < 1.29 is 13.7 Å². The lowest BCUT2D eigenvalue weighted by molar-refractivity contribution is -0.659. The van der Waals surface area contributed by atoms with Crippen LogP contribution < -0.4 is 29.3 Å². The van der Waals surface area contributed by atoms with E-state index in [2.05, 4.69) is 277 Å². The van der Waals surface area contributed by atoms with Crippen molar-refractivity contribution in [2.24, 2.45) is 21.1 Å². The molecule has 0 amide bonds. The highest BCUT2D eigenvalue weighted by molar-refractivity contribution is 6.92. The number of hydrogen-bond donors (Lipinski definition) is 0. The molecule has 3 aromatic heterocycles. The Morgan fingerprint density at radius 2 is 0.645 bits per heavy atom. The van der Waals surface area contributed by atoms with Crippen molar-refractivity contribution in [3.63, 3.8) is 0 Å². The van der Waals surface area contributed by atoms with Crippen LogP contribution in [0.3, 0.4) is 0 Å². The van der Waals surface area contributed by atoms with Crippen LogP contribution in [0.15, 0.2) is 134 Å². The third-order valence-electron chi connectivity index (χ3n) is 25.4. The van der Waals surface area contributed by atoms with Gasteiger partial charge in [-0.15, -0.1) is 0 Å². The van der Waals surface area contributed by atoms with E-state index in [0.29, 0.717) is 0 Å². The number of nitrogens with zero attached hydrogens (tertiary/aromatic N) is 3. The van der Waals surface area contributed by atoms with E-state index in [-0.39, 0.29) is 0 Å². The third kappa shape index (κ3) is 14.0. The summed E-state index contributed by atoms with van der Waals surface area (Å²) in [6, 6.07) is 46.3. The summed E-state index contributed by atoms with van der Waals surface area (Å²) in [7, 11) is 2.31. The first-order valence-corrected chi connectivity index (χ1v) is 46.1. The van der Waals surface area contributed by atoms with Gasteiger partial charge in [0.25, 0.3) is 0 Å². The Bertz CT molecular complexity index is 4170. The second kappa shape index (κ2) is 28.1. The SMILES string of the molecule is Cc1c(-c2c3ccc([Si](C)(C)C(C)C)cc3cc[n+]2C)cc(C2CCCC2)cc1C1CCCC1.Cc1cc(C2CCCC2)cc(-c2c3ccc([Si](C)(C)C(C)C)cc3cc[n+]2C)c1C.Cc1ccc(C2CCCC2)cc1-c1c2ccc([Si](C)(C)C(C)C)cc2cc[n+]1C. The van der Waals surface area contributed by atoms with Gasteiger partial charge in [0.15, 0.2) is 18.6 Å². The van der Waals surface area contributed by atoms with E-state index in [9.17, 15) is 0 Å². The molecule has 6 heteroatoms. The van der Waals surface area contributed by atoms with Crippen LogP contribution >= 0.6 is 0 Å². The molecule has 0 aliphatic heterocycles. The maximum atomic E-state index is 2.63. The average Bonchev–Trinajstić information content (AvgIpc) is 1.44. The normalized spacial score (nSPS) is 16.4. The van der Waals surface area contributed by atoms with Gasteiger partial charge in [-0.1, -0.05) is 208 Å². The van der Waals surface area contributed by atoms with Gasteiger partial charge in [0.05, 0.1) is 51.5 Å². The van der Waals surface area contributed by atoms with Crippen LogP contribution in [0, 0.1) is 27.7 Å². The lowest BCUT2D eigenvalue weighted by Gasteiger charge is -2.28. The molecular weight excluding hydrogens is 1170 g/mol. The molecule has 0 bridgehead atoms. The van der Waals surface area contributed by atoms with E-state index >= 15 is 0 Å². The maximum Gasteiger partial charge on any atom is 0.220 e. The zero-order valence-electron chi connectivity index (χ0n) is 61.4. The summed E-state index contributed by atoms with van der Waals surface area (Å²) < 4.78 is 7.02. The fraction of sp³-hybridized carbons (Fsp3) is 0.483. The predicted octanol–water partition coefficient (Wildman–Crippen LogP) is 21.8. The Morgan fingerprint density at radius 3 is 1.02 bits per heavy atom. The van der Waals surface area contributed by atoms with Gasteiger partial charge in [-0.05, 0) is 216 Å². The van der Waals surface area contributed by atoms with E-state index in [1.54, 1.807) is 32.3 Å². The van der Waals surface area contributed by atoms with Crippen LogP contribution in [0.4, 0.5) is 0 Å². The molecule has 0 unspecified atom stereocenters. The van der Waals surface area contributed by atoms with Gasteiger partial charge in [-0.3, -0.25) is 0 Å². The molecule has 0 N–H and O–H groups in total. The summed E-state index contributed by atoms with van der Waals surface area (Å²) in [5, 5.41) is 13.0. The number of pyridine rings is 3. The average molecular weight is 1290 g/mol. The van der Waals surface area contributed by atoms with E-state index in [1.807, 2.05) is 0 Å². The summed E-state index contributed by atoms with van der Waals surface area (Å²) >= 11 is 0. The molecule has 3 heterocycles. The van der Waals surface area contributed by atoms with Crippen molar-refractivity contribution in [2.45, 2.75) is 252 Å². The van der Waals surface area contributed by atoms with Crippen LogP contribution in [0.2, 0.25) is 55.9 Å². The summed E-state index contributed by atoms with van der Waals surface area (Å²) in [6.07, 6.45) is 28.8. The molecule has 9 aromatic rings. The summed E-state index contributed by atoms with van der Waals surface area (Å²) in [5.41, 5.74) is 22.7. The van der Waals surface area contributed by atoms with E-state index in [1.165, 1.54) is 197 Å². The lowest BCUT2D eigenvalue weighted by atomic mass is 9.84. The van der Waals surface area contributed by atoms with Gasteiger partial charge in [0.1, 0.15) is 21.1 Å². The minimum absolute atomic E-state index is 0.738. The topological polar surface area (TPSA) is 11.6 Å².